The fraction of sp³-hybridized carbons (Fsp3) is 1.00. The molecule has 4 heteroatoms. The molecule has 0 rings (SSSR count). The lowest BCUT2D eigenvalue weighted by molar-refractivity contribution is 0.278. The molecule has 0 aliphatic heterocycles. The second kappa shape index (κ2) is 16.8. The van der Waals surface area contributed by atoms with Gasteiger partial charge in [0.05, 0.1) is 0 Å². The van der Waals surface area contributed by atoms with Crippen LogP contribution in [-0.4, -0.2) is 22.4 Å². The molecule has 0 aromatic heterocycles. The van der Waals surface area contributed by atoms with Crippen LogP contribution in [-0.2, 0) is 0 Å². The van der Waals surface area contributed by atoms with Crippen molar-refractivity contribution >= 4 is 7.32 Å². The molecule has 0 unspecified atom stereocenters. The zero-order chi connectivity index (χ0) is 3.58. The summed E-state index contributed by atoms with van der Waals surface area (Å²) in [7, 11) is -2.17. The first-order chi connectivity index (χ1) is 1.73. The van der Waals surface area contributed by atoms with E-state index in [2.05, 4.69) is 0 Å². The highest BCUT2D eigenvalue weighted by molar-refractivity contribution is 6.30. The van der Waals surface area contributed by atoms with Crippen molar-refractivity contribution in [1.82, 2.24) is 0 Å². The normalized spacial score (nSPS) is 3.86. The van der Waals surface area contributed by atoms with Crippen LogP contribution in [0.25, 0.3) is 0 Å². The molecule has 3 N–H and O–H groups in total. The minimum absolute atomic E-state index is 0. The Labute approximate surface area is 45.8 Å². The van der Waals surface area contributed by atoms with Gasteiger partial charge in [-0.25, -0.2) is 0 Å². The van der Waals surface area contributed by atoms with Crippen LogP contribution in [0.5, 0.6) is 0 Å². The fourth-order valence-electron chi connectivity index (χ4n) is 0. The van der Waals surface area contributed by atoms with E-state index >= 15 is 0 Å². The topological polar surface area (TPSA) is 60.7 Å². The summed E-state index contributed by atoms with van der Waals surface area (Å²) in [5.74, 6) is 0. The maximum Gasteiger partial charge on any atom is 0.631 e. The van der Waals surface area contributed by atoms with Gasteiger partial charge in [-0.15, -0.1) is 0 Å². The highest BCUT2D eigenvalue weighted by Gasteiger charge is 1.92. The monoisotopic (exact) mass is 110 g/mol. The lowest BCUT2D eigenvalue weighted by Gasteiger charge is -1.69. The minimum atomic E-state index is -2.17. The lowest BCUT2D eigenvalue weighted by Crippen LogP contribution is -2.07. The van der Waals surface area contributed by atoms with Crippen LogP contribution >= 0.6 is 0 Å². The van der Waals surface area contributed by atoms with Gasteiger partial charge in [0, 0.05) is 0 Å². The average Bonchev–Trinajstić information content (AvgIpc) is 0.811. The second-order valence-corrected chi connectivity index (χ2v) is 0.346. The molecular formula is C3H15BO3. The Kier molecular flexibility index (Phi) is 67.8. The molecule has 0 saturated carbocycles. The summed E-state index contributed by atoms with van der Waals surface area (Å²) in [5, 5.41) is 21.5. The number of rotatable bonds is 0. The van der Waals surface area contributed by atoms with Crippen LogP contribution in [0.2, 0.25) is 0 Å². The van der Waals surface area contributed by atoms with E-state index in [9.17, 15) is 0 Å². The molecule has 0 aromatic rings. The molecule has 0 bridgehead atoms. The Bertz CT molecular complexity index is 14.9. The molecule has 3 nitrogen and oxygen atoms in total. The molecule has 7 heavy (non-hydrogen) atoms. The SMILES string of the molecule is C.C.C.OB(O)O. The van der Waals surface area contributed by atoms with Crippen LogP contribution < -0.4 is 0 Å². The zero-order valence-corrected chi connectivity index (χ0v) is 1.92. The molecule has 0 aliphatic rings. The van der Waals surface area contributed by atoms with Crippen molar-refractivity contribution in [3.8, 4) is 0 Å². The van der Waals surface area contributed by atoms with Crippen LogP contribution in [0.3, 0.4) is 0 Å². The Morgan fingerprint density at radius 3 is 0.714 bits per heavy atom. The van der Waals surface area contributed by atoms with Crippen LogP contribution in [0.15, 0.2) is 0 Å². The first kappa shape index (κ1) is 28.3. The van der Waals surface area contributed by atoms with Crippen molar-refractivity contribution in [2.75, 3.05) is 0 Å². The molecule has 0 aliphatic carbocycles. The molecule has 0 fully saturated rings. The van der Waals surface area contributed by atoms with Crippen molar-refractivity contribution < 1.29 is 15.1 Å². The molecule has 0 spiro atoms. The van der Waals surface area contributed by atoms with Gasteiger partial charge in [-0.05, 0) is 0 Å². The van der Waals surface area contributed by atoms with Crippen LogP contribution in [0.4, 0.5) is 0 Å². The highest BCUT2D eigenvalue weighted by Crippen LogP contribution is 1.40. The van der Waals surface area contributed by atoms with Gasteiger partial charge >= 0.3 is 7.32 Å². The first-order valence-corrected chi connectivity index (χ1v) is 0.775. The Balaban J connectivity index is -0.0000000150. The molecule has 0 amide bonds. The van der Waals surface area contributed by atoms with E-state index in [0.717, 1.165) is 0 Å². The van der Waals surface area contributed by atoms with Gasteiger partial charge in [-0.3, -0.25) is 0 Å². The third-order valence-corrected chi connectivity index (χ3v) is 0. The summed E-state index contributed by atoms with van der Waals surface area (Å²) in [6.07, 6.45) is 0. The van der Waals surface area contributed by atoms with E-state index in [1.165, 1.54) is 0 Å². The minimum Gasteiger partial charge on any atom is -0.402 e. The lowest BCUT2D eigenvalue weighted by atomic mass is 10.3. The summed E-state index contributed by atoms with van der Waals surface area (Å²) in [6.45, 7) is 0. The maximum absolute atomic E-state index is 7.17. The largest absolute Gasteiger partial charge is 0.631 e. The van der Waals surface area contributed by atoms with E-state index in [0.29, 0.717) is 0 Å². The molecule has 48 valence electrons. The predicted molar refractivity (Wildman–Crippen MR) is 32.6 cm³/mol. The quantitative estimate of drug-likeness (QED) is 0.380. The number of hydrogen-bond acceptors (Lipinski definition) is 3. The van der Waals surface area contributed by atoms with Gasteiger partial charge in [-0.2, -0.15) is 0 Å². The van der Waals surface area contributed by atoms with E-state index in [4.69, 9.17) is 15.1 Å². The Morgan fingerprint density at radius 2 is 0.714 bits per heavy atom. The van der Waals surface area contributed by atoms with Gasteiger partial charge in [0.2, 0.25) is 0 Å². The van der Waals surface area contributed by atoms with Crippen LogP contribution in [0.1, 0.15) is 22.3 Å². The predicted octanol–water partition coefficient (Wildman–Crippen LogP) is -0.144. The summed E-state index contributed by atoms with van der Waals surface area (Å²) < 4.78 is 0. The van der Waals surface area contributed by atoms with Gasteiger partial charge in [0.1, 0.15) is 0 Å². The van der Waals surface area contributed by atoms with Crippen molar-refractivity contribution in [2.45, 2.75) is 22.3 Å². The highest BCUT2D eigenvalue weighted by atomic mass is 16.5. The standard InChI is InChI=1S/3CH4.BH3O3/c;;;2-1(3)4/h3*1H4;2-4H. The summed E-state index contributed by atoms with van der Waals surface area (Å²) in [6, 6.07) is 0. The van der Waals surface area contributed by atoms with Gasteiger partial charge in [-0.1, -0.05) is 22.3 Å². The third kappa shape index (κ3) is 30500. The smallest absolute Gasteiger partial charge is 0.402 e. The van der Waals surface area contributed by atoms with E-state index in [1.54, 1.807) is 0 Å². The Morgan fingerprint density at radius 1 is 0.714 bits per heavy atom. The summed E-state index contributed by atoms with van der Waals surface area (Å²) in [5.41, 5.74) is 0. The second-order valence-electron chi connectivity index (χ2n) is 0.346. The maximum atomic E-state index is 7.17. The van der Waals surface area contributed by atoms with E-state index in [1.807, 2.05) is 0 Å². The third-order valence-electron chi connectivity index (χ3n) is 0. The van der Waals surface area contributed by atoms with Gasteiger partial charge in [0.25, 0.3) is 0 Å². The van der Waals surface area contributed by atoms with E-state index < -0.39 is 7.32 Å². The summed E-state index contributed by atoms with van der Waals surface area (Å²) in [4.78, 5) is 0. The van der Waals surface area contributed by atoms with Crippen LogP contribution in [0, 0.1) is 0 Å². The van der Waals surface area contributed by atoms with Gasteiger partial charge < -0.3 is 15.1 Å². The van der Waals surface area contributed by atoms with E-state index in [-0.39, 0.29) is 22.3 Å². The van der Waals surface area contributed by atoms with Crippen molar-refractivity contribution in [1.29, 1.82) is 0 Å². The molecule has 0 atom stereocenters. The molecule has 0 heterocycles. The molecule has 0 aromatic carbocycles. The van der Waals surface area contributed by atoms with Gasteiger partial charge in [0.15, 0.2) is 0 Å². The zero-order valence-electron chi connectivity index (χ0n) is 1.92. The molecule has 0 radical (unpaired) electrons. The van der Waals surface area contributed by atoms with Crippen molar-refractivity contribution in [2.24, 2.45) is 0 Å². The fourth-order valence-corrected chi connectivity index (χ4v) is 0. The first-order valence-electron chi connectivity index (χ1n) is 0.775. The number of hydrogen-bond donors (Lipinski definition) is 3. The van der Waals surface area contributed by atoms with Crippen molar-refractivity contribution in [3.63, 3.8) is 0 Å². The molecule has 0 saturated heterocycles. The van der Waals surface area contributed by atoms with Crippen molar-refractivity contribution in [3.05, 3.63) is 0 Å². The summed E-state index contributed by atoms with van der Waals surface area (Å²) >= 11 is 0. The molecular weight excluding hydrogens is 94.8 g/mol. The average molecular weight is 110 g/mol. The Hall–Kier alpha value is -0.0551.